The first-order chi connectivity index (χ1) is 11.1. The van der Waals surface area contributed by atoms with Crippen LogP contribution in [0.1, 0.15) is 36.0 Å². The predicted octanol–water partition coefficient (Wildman–Crippen LogP) is 2.10. The van der Waals surface area contributed by atoms with Gasteiger partial charge in [-0.2, -0.15) is 0 Å². The van der Waals surface area contributed by atoms with Gasteiger partial charge in [-0.25, -0.2) is 0 Å². The molecule has 1 aromatic carbocycles. The number of ether oxygens (including phenoxy) is 1. The quantitative estimate of drug-likeness (QED) is 0.663. The third-order valence-corrected chi connectivity index (χ3v) is 4.40. The molecule has 0 radical (unpaired) electrons. The van der Waals surface area contributed by atoms with Gasteiger partial charge in [-0.3, -0.25) is 14.9 Å². The van der Waals surface area contributed by atoms with Crippen molar-refractivity contribution < 1.29 is 14.5 Å². The highest BCUT2D eigenvalue weighted by Crippen LogP contribution is 2.28. The van der Waals surface area contributed by atoms with Crippen LogP contribution in [0.5, 0.6) is 0 Å². The Morgan fingerprint density at radius 2 is 2.13 bits per heavy atom. The van der Waals surface area contributed by atoms with Crippen LogP contribution < -0.4 is 10.2 Å². The highest BCUT2D eigenvalue weighted by Gasteiger charge is 2.23. The number of anilines is 1. The summed E-state index contributed by atoms with van der Waals surface area (Å²) in [5.41, 5.74) is 1.09. The van der Waals surface area contributed by atoms with E-state index in [4.69, 9.17) is 4.74 Å². The van der Waals surface area contributed by atoms with Gasteiger partial charge in [-0.1, -0.05) is 0 Å². The lowest BCUT2D eigenvalue weighted by Gasteiger charge is -2.21. The van der Waals surface area contributed by atoms with Crippen LogP contribution in [-0.4, -0.2) is 43.2 Å². The van der Waals surface area contributed by atoms with Crippen molar-refractivity contribution in [3.8, 4) is 0 Å². The van der Waals surface area contributed by atoms with Gasteiger partial charge in [-0.05, 0) is 31.7 Å². The summed E-state index contributed by atoms with van der Waals surface area (Å²) in [5.74, 6) is -0.272. The SMILES string of the molecule is O=C(NCC1CCCO1)c1cc([N+](=O)[O-])ccc1N1CCCC1. The normalized spacial score (nSPS) is 20.7. The first kappa shape index (κ1) is 15.7. The van der Waals surface area contributed by atoms with Gasteiger partial charge in [0.1, 0.15) is 0 Å². The molecule has 124 valence electrons. The third-order valence-electron chi connectivity index (χ3n) is 4.40. The molecule has 2 aliphatic rings. The lowest BCUT2D eigenvalue weighted by Crippen LogP contribution is -2.33. The average Bonchev–Trinajstić information content (AvgIpc) is 3.25. The number of rotatable bonds is 5. The van der Waals surface area contributed by atoms with Gasteiger partial charge in [-0.15, -0.1) is 0 Å². The van der Waals surface area contributed by atoms with Gasteiger partial charge in [0.2, 0.25) is 0 Å². The Morgan fingerprint density at radius 1 is 1.35 bits per heavy atom. The van der Waals surface area contributed by atoms with E-state index >= 15 is 0 Å². The summed E-state index contributed by atoms with van der Waals surface area (Å²) in [6.07, 6.45) is 4.15. The summed E-state index contributed by atoms with van der Waals surface area (Å²) in [4.78, 5) is 25.2. The second-order valence-corrected chi connectivity index (χ2v) is 6.00. The number of nitrogens with zero attached hydrogens (tertiary/aromatic N) is 2. The van der Waals surface area contributed by atoms with E-state index in [1.54, 1.807) is 6.07 Å². The molecule has 0 saturated carbocycles. The molecule has 2 heterocycles. The molecule has 0 aromatic heterocycles. The van der Waals surface area contributed by atoms with E-state index < -0.39 is 4.92 Å². The van der Waals surface area contributed by atoms with Crippen molar-refractivity contribution in [2.75, 3.05) is 31.1 Å². The number of carbonyl (C=O) groups is 1. The zero-order chi connectivity index (χ0) is 16.2. The van der Waals surface area contributed by atoms with Gasteiger partial charge in [0, 0.05) is 38.4 Å². The third kappa shape index (κ3) is 3.61. The van der Waals surface area contributed by atoms with Crippen LogP contribution in [0.3, 0.4) is 0 Å². The summed E-state index contributed by atoms with van der Waals surface area (Å²) in [7, 11) is 0. The van der Waals surface area contributed by atoms with Crippen molar-refractivity contribution in [1.29, 1.82) is 0 Å². The fraction of sp³-hybridized carbons (Fsp3) is 0.562. The van der Waals surface area contributed by atoms with E-state index in [1.165, 1.54) is 12.1 Å². The molecule has 7 heteroatoms. The molecule has 7 nitrogen and oxygen atoms in total. The van der Waals surface area contributed by atoms with E-state index in [2.05, 4.69) is 10.2 Å². The minimum atomic E-state index is -0.468. The topological polar surface area (TPSA) is 84.7 Å². The van der Waals surface area contributed by atoms with E-state index in [0.29, 0.717) is 12.1 Å². The second kappa shape index (κ2) is 6.95. The van der Waals surface area contributed by atoms with Gasteiger partial charge in [0.25, 0.3) is 11.6 Å². The Balaban J connectivity index is 1.79. The number of amides is 1. The number of benzene rings is 1. The lowest BCUT2D eigenvalue weighted by molar-refractivity contribution is -0.384. The van der Waals surface area contributed by atoms with E-state index in [-0.39, 0.29) is 17.7 Å². The number of non-ortho nitro benzene ring substituents is 1. The van der Waals surface area contributed by atoms with Crippen LogP contribution in [0.2, 0.25) is 0 Å². The van der Waals surface area contributed by atoms with Crippen LogP contribution in [0.4, 0.5) is 11.4 Å². The first-order valence-electron chi connectivity index (χ1n) is 8.08. The van der Waals surface area contributed by atoms with Crippen molar-refractivity contribution in [2.45, 2.75) is 31.8 Å². The largest absolute Gasteiger partial charge is 0.376 e. The predicted molar refractivity (Wildman–Crippen MR) is 85.9 cm³/mol. The van der Waals surface area contributed by atoms with Crippen molar-refractivity contribution in [1.82, 2.24) is 5.32 Å². The van der Waals surface area contributed by atoms with E-state index in [9.17, 15) is 14.9 Å². The Hall–Kier alpha value is -2.15. The van der Waals surface area contributed by atoms with E-state index in [1.807, 2.05) is 0 Å². The first-order valence-corrected chi connectivity index (χ1v) is 8.08. The Bertz CT molecular complexity index is 593. The zero-order valence-electron chi connectivity index (χ0n) is 13.0. The maximum Gasteiger partial charge on any atom is 0.270 e. The number of nitro benzene ring substituents is 1. The number of carbonyl (C=O) groups excluding carboxylic acids is 1. The molecule has 2 fully saturated rings. The standard InChI is InChI=1S/C16H21N3O4/c20-16(17-11-13-4-3-9-23-13)14-10-12(19(21)22)5-6-15(14)18-7-1-2-8-18/h5-6,10,13H,1-4,7-9,11H2,(H,17,20). The van der Waals surface area contributed by atoms with Gasteiger partial charge < -0.3 is 15.0 Å². The summed E-state index contributed by atoms with van der Waals surface area (Å²) in [6, 6.07) is 4.52. The van der Waals surface area contributed by atoms with Crippen LogP contribution in [-0.2, 0) is 4.74 Å². The van der Waals surface area contributed by atoms with Crippen LogP contribution in [0, 0.1) is 10.1 Å². The maximum atomic E-state index is 12.5. The van der Waals surface area contributed by atoms with Gasteiger partial charge >= 0.3 is 0 Å². The Labute approximate surface area is 134 Å². The second-order valence-electron chi connectivity index (χ2n) is 6.00. The molecule has 1 amide bonds. The van der Waals surface area contributed by atoms with Crippen LogP contribution in [0.15, 0.2) is 18.2 Å². The number of nitro groups is 1. The van der Waals surface area contributed by atoms with Crippen LogP contribution >= 0.6 is 0 Å². The molecular weight excluding hydrogens is 298 g/mol. The molecule has 1 aromatic rings. The Morgan fingerprint density at radius 3 is 2.78 bits per heavy atom. The van der Waals surface area contributed by atoms with Gasteiger partial charge in [0.05, 0.1) is 22.3 Å². The fourth-order valence-electron chi connectivity index (χ4n) is 3.16. The fourth-order valence-corrected chi connectivity index (χ4v) is 3.16. The number of nitrogens with one attached hydrogen (secondary N) is 1. The monoisotopic (exact) mass is 319 g/mol. The van der Waals surface area contributed by atoms with Crippen molar-refractivity contribution in [3.05, 3.63) is 33.9 Å². The summed E-state index contributed by atoms with van der Waals surface area (Å²) < 4.78 is 5.50. The van der Waals surface area contributed by atoms with Gasteiger partial charge in [0.15, 0.2) is 0 Å². The minimum absolute atomic E-state index is 0.0490. The molecule has 1 unspecified atom stereocenters. The summed E-state index contributed by atoms with van der Waals surface area (Å²) >= 11 is 0. The number of hydrogen-bond donors (Lipinski definition) is 1. The highest BCUT2D eigenvalue weighted by molar-refractivity contribution is 6.00. The van der Waals surface area contributed by atoms with Crippen molar-refractivity contribution in [3.63, 3.8) is 0 Å². The van der Waals surface area contributed by atoms with Crippen molar-refractivity contribution >= 4 is 17.3 Å². The number of hydrogen-bond acceptors (Lipinski definition) is 5. The zero-order valence-corrected chi connectivity index (χ0v) is 13.0. The smallest absolute Gasteiger partial charge is 0.270 e. The Kier molecular flexibility index (Phi) is 4.76. The minimum Gasteiger partial charge on any atom is -0.376 e. The summed E-state index contributed by atoms with van der Waals surface area (Å²) in [6.45, 7) is 2.94. The molecule has 3 rings (SSSR count). The maximum absolute atomic E-state index is 12.5. The molecule has 0 bridgehead atoms. The molecule has 2 aliphatic heterocycles. The molecule has 1 N–H and O–H groups in total. The average molecular weight is 319 g/mol. The molecular formula is C16H21N3O4. The highest BCUT2D eigenvalue weighted by atomic mass is 16.6. The molecule has 1 atom stereocenters. The van der Waals surface area contributed by atoms with E-state index in [0.717, 1.165) is 51.1 Å². The lowest BCUT2D eigenvalue weighted by atomic mass is 10.1. The molecule has 0 aliphatic carbocycles. The molecule has 23 heavy (non-hydrogen) atoms. The summed E-state index contributed by atoms with van der Waals surface area (Å²) in [5, 5.41) is 13.9. The molecule has 0 spiro atoms. The molecule has 2 saturated heterocycles. The van der Waals surface area contributed by atoms with Crippen molar-refractivity contribution in [2.24, 2.45) is 0 Å². The van der Waals surface area contributed by atoms with Crippen LogP contribution in [0.25, 0.3) is 0 Å².